The Morgan fingerprint density at radius 2 is 1.68 bits per heavy atom. The van der Waals surface area contributed by atoms with Gasteiger partial charge >= 0.3 is 0 Å². The molecule has 1 saturated carbocycles. The van der Waals surface area contributed by atoms with Crippen molar-refractivity contribution in [3.05, 3.63) is 47.5 Å². The molecule has 0 unspecified atom stereocenters. The number of carbonyl (C=O) groups is 4. The molecular weight excluding hydrogens is 613 g/mol. The van der Waals surface area contributed by atoms with Crippen LogP contribution in [0, 0.1) is 17.7 Å². The number of halogens is 3. The van der Waals surface area contributed by atoms with E-state index in [0.717, 1.165) is 25.7 Å². The Kier molecular flexibility index (Phi) is 11.4. The largest absolute Gasteiger partial charge is 0.343 e. The van der Waals surface area contributed by atoms with E-state index in [1.54, 1.807) is 32.9 Å². The van der Waals surface area contributed by atoms with E-state index >= 15 is 4.39 Å². The maximum atomic E-state index is 15.7. The number of aryl methyl sites for hydroxylation is 1. The Bertz CT molecular complexity index is 1440. The van der Waals surface area contributed by atoms with E-state index in [9.17, 15) is 28.0 Å². The van der Waals surface area contributed by atoms with Gasteiger partial charge in [0.2, 0.25) is 17.7 Å². The van der Waals surface area contributed by atoms with Crippen LogP contribution >= 0.6 is 0 Å². The van der Waals surface area contributed by atoms with Crippen LogP contribution in [-0.4, -0.2) is 69.4 Å². The van der Waals surface area contributed by atoms with Crippen molar-refractivity contribution in [2.45, 2.75) is 110 Å². The maximum absolute atomic E-state index is 15.7. The molecule has 2 fully saturated rings. The molecule has 47 heavy (non-hydrogen) atoms. The van der Waals surface area contributed by atoms with Gasteiger partial charge in [-0.05, 0) is 55.4 Å². The third-order valence-corrected chi connectivity index (χ3v) is 9.72. The lowest BCUT2D eigenvalue weighted by atomic mass is 9.76. The molecule has 0 bridgehead atoms. The summed E-state index contributed by atoms with van der Waals surface area (Å²) in [6.45, 7) is 9.15. The number of likely N-dealkylation sites (tertiary alicyclic amines) is 1. The number of aromatic nitrogens is 2. The van der Waals surface area contributed by atoms with Crippen molar-refractivity contribution in [3.8, 4) is 0 Å². The fraction of sp³-hybridized carbons (Fsp3) is 0.618. The zero-order chi connectivity index (χ0) is 34.5. The van der Waals surface area contributed by atoms with Crippen molar-refractivity contribution in [3.63, 3.8) is 0 Å². The number of benzene rings is 1. The van der Waals surface area contributed by atoms with Crippen LogP contribution < -0.4 is 16.0 Å². The van der Waals surface area contributed by atoms with Gasteiger partial charge < -0.3 is 20.9 Å². The highest BCUT2D eigenvalue weighted by Crippen LogP contribution is 2.34. The van der Waals surface area contributed by atoms with Gasteiger partial charge in [-0.15, -0.1) is 0 Å². The predicted octanol–water partition coefficient (Wildman–Crippen LogP) is 5.04. The molecule has 1 aromatic carbocycles. The summed E-state index contributed by atoms with van der Waals surface area (Å²) in [4.78, 5) is 54.3. The molecule has 0 spiro atoms. The van der Waals surface area contributed by atoms with Crippen LogP contribution in [0.1, 0.15) is 95.6 Å². The molecular formula is C34H47F3N6O4. The van der Waals surface area contributed by atoms with E-state index in [-0.39, 0.29) is 31.1 Å². The van der Waals surface area contributed by atoms with E-state index in [2.05, 4.69) is 28.0 Å². The molecule has 13 heteroatoms. The van der Waals surface area contributed by atoms with Crippen molar-refractivity contribution in [2.24, 2.45) is 11.8 Å². The monoisotopic (exact) mass is 660 g/mol. The second-order valence-corrected chi connectivity index (χ2v) is 13.4. The van der Waals surface area contributed by atoms with E-state index in [0.29, 0.717) is 23.7 Å². The van der Waals surface area contributed by atoms with E-state index in [1.165, 1.54) is 27.9 Å². The minimum atomic E-state index is -2.85. The number of hydrogen-bond donors (Lipinski definition) is 3. The van der Waals surface area contributed by atoms with Gasteiger partial charge in [-0.1, -0.05) is 46.6 Å². The zero-order valence-corrected chi connectivity index (χ0v) is 27.9. The van der Waals surface area contributed by atoms with E-state index in [1.807, 2.05) is 6.92 Å². The van der Waals surface area contributed by atoms with Crippen LogP contribution in [0.4, 0.5) is 18.9 Å². The number of piperidine rings is 1. The molecule has 0 radical (unpaired) electrons. The van der Waals surface area contributed by atoms with Gasteiger partial charge in [0.05, 0.1) is 5.69 Å². The molecule has 258 valence electrons. The number of alkyl halides is 2. The lowest BCUT2D eigenvalue weighted by molar-refractivity contribution is -0.143. The predicted molar refractivity (Wildman–Crippen MR) is 171 cm³/mol. The van der Waals surface area contributed by atoms with Crippen molar-refractivity contribution in [1.29, 1.82) is 0 Å². The zero-order valence-electron chi connectivity index (χ0n) is 27.9. The highest BCUT2D eigenvalue weighted by molar-refractivity contribution is 6.00. The number of rotatable bonds is 11. The highest BCUT2D eigenvalue weighted by atomic mass is 19.3. The second kappa shape index (κ2) is 14.9. The Hall–Kier alpha value is -3.90. The van der Waals surface area contributed by atoms with Crippen LogP contribution in [0.15, 0.2) is 30.5 Å². The Labute approximate surface area is 274 Å². The molecule has 2 heterocycles. The number of nitrogens with zero attached hydrogens (tertiary/aromatic N) is 3. The maximum Gasteiger partial charge on any atom is 0.270 e. The van der Waals surface area contributed by atoms with Gasteiger partial charge in [0.15, 0.2) is 0 Å². The quantitative estimate of drug-likeness (QED) is 0.312. The summed E-state index contributed by atoms with van der Waals surface area (Å²) in [5.41, 5.74) is -0.563. The summed E-state index contributed by atoms with van der Waals surface area (Å²) in [5, 5.41) is 12.4. The topological polar surface area (TPSA) is 125 Å². The van der Waals surface area contributed by atoms with Crippen molar-refractivity contribution < 1.29 is 32.3 Å². The Balaban J connectivity index is 1.55. The summed E-state index contributed by atoms with van der Waals surface area (Å²) in [6, 6.07) is 3.69. The Morgan fingerprint density at radius 1 is 1.02 bits per heavy atom. The minimum Gasteiger partial charge on any atom is -0.343 e. The Morgan fingerprint density at radius 3 is 2.28 bits per heavy atom. The summed E-state index contributed by atoms with van der Waals surface area (Å²) >= 11 is 0. The first-order valence-corrected chi connectivity index (χ1v) is 16.6. The standard InChI is InChI=1S/C34H47F3N6O4/c1-6-27(44)40-29(32(47)42-18-15-34(36,37)16-19-42)33(4,5)23-12-13-25(24(35)20-23)39-31(46)28(22-10-8-21(3)9-11-22)41-30(45)26-14-17-38-43(26)7-2/h12-14,17,20-22,28-29H,6-11,15-16,18-19H2,1-5H3,(H,39,46)(H,40,44)(H,41,45)/t21?,22?,28-,29-/m0/s1. The van der Waals surface area contributed by atoms with Crippen molar-refractivity contribution >= 4 is 29.3 Å². The SMILES string of the molecule is CCC(=O)N[C@@H](C(=O)N1CCC(F)(F)CC1)C(C)(C)c1ccc(NC(=O)[C@@H](NC(=O)c2ccnn2CC)C2CCC(C)CC2)c(F)c1. The summed E-state index contributed by atoms with van der Waals surface area (Å²) < 4.78 is 44.9. The molecule has 4 rings (SSSR count). The van der Waals surface area contributed by atoms with Gasteiger partial charge in [0.25, 0.3) is 11.8 Å². The highest BCUT2D eigenvalue weighted by Gasteiger charge is 2.43. The third-order valence-electron chi connectivity index (χ3n) is 9.72. The van der Waals surface area contributed by atoms with Crippen LogP contribution in [0.2, 0.25) is 0 Å². The summed E-state index contributed by atoms with van der Waals surface area (Å²) in [6.07, 6.45) is 3.94. The molecule has 4 amide bonds. The van der Waals surface area contributed by atoms with E-state index in [4.69, 9.17) is 0 Å². The molecule has 1 saturated heterocycles. The fourth-order valence-corrected chi connectivity index (χ4v) is 6.45. The van der Waals surface area contributed by atoms with Crippen LogP contribution in [0.5, 0.6) is 0 Å². The molecule has 2 aliphatic rings. The average molecular weight is 661 g/mol. The van der Waals surface area contributed by atoms with Gasteiger partial charge in [-0.3, -0.25) is 23.9 Å². The first-order chi connectivity index (χ1) is 22.2. The van der Waals surface area contributed by atoms with Crippen LogP contribution in [-0.2, 0) is 26.3 Å². The number of carbonyl (C=O) groups excluding carboxylic acids is 4. The van der Waals surface area contributed by atoms with Crippen molar-refractivity contribution in [2.75, 3.05) is 18.4 Å². The minimum absolute atomic E-state index is 0.0929. The number of anilines is 1. The van der Waals surface area contributed by atoms with Gasteiger partial charge in [0.1, 0.15) is 23.6 Å². The first kappa shape index (κ1) is 35.9. The summed E-state index contributed by atoms with van der Waals surface area (Å²) in [7, 11) is 0. The molecule has 10 nitrogen and oxygen atoms in total. The molecule has 1 aliphatic carbocycles. The smallest absolute Gasteiger partial charge is 0.270 e. The normalized spacial score (nSPS) is 21.0. The number of amides is 4. The third kappa shape index (κ3) is 8.53. The fourth-order valence-electron chi connectivity index (χ4n) is 6.45. The van der Waals surface area contributed by atoms with Crippen LogP contribution in [0.3, 0.4) is 0 Å². The van der Waals surface area contributed by atoms with Gasteiger partial charge in [0, 0.05) is 50.5 Å². The van der Waals surface area contributed by atoms with Gasteiger partial charge in [-0.2, -0.15) is 5.10 Å². The molecule has 3 N–H and O–H groups in total. The lowest BCUT2D eigenvalue weighted by Gasteiger charge is -2.40. The van der Waals surface area contributed by atoms with Crippen molar-refractivity contribution in [1.82, 2.24) is 25.3 Å². The average Bonchev–Trinajstić information content (AvgIpc) is 3.52. The lowest BCUT2D eigenvalue weighted by Crippen LogP contribution is -2.58. The second-order valence-electron chi connectivity index (χ2n) is 13.4. The first-order valence-electron chi connectivity index (χ1n) is 16.6. The molecule has 1 aliphatic heterocycles. The molecule has 2 aromatic rings. The molecule has 1 aromatic heterocycles. The van der Waals surface area contributed by atoms with Crippen LogP contribution in [0.25, 0.3) is 0 Å². The van der Waals surface area contributed by atoms with Gasteiger partial charge in [-0.25, -0.2) is 13.2 Å². The summed E-state index contributed by atoms with van der Waals surface area (Å²) in [5.74, 6) is -5.16. The molecule has 2 atom stereocenters. The number of nitrogens with one attached hydrogen (secondary N) is 3. The number of hydrogen-bond acceptors (Lipinski definition) is 5. The van der Waals surface area contributed by atoms with E-state index < -0.39 is 65.7 Å².